The fourth-order valence-corrected chi connectivity index (χ4v) is 3.52. The molecule has 9 nitrogen and oxygen atoms in total. The molecule has 31 heavy (non-hydrogen) atoms. The predicted molar refractivity (Wildman–Crippen MR) is 125 cm³/mol. The van der Waals surface area contributed by atoms with E-state index in [2.05, 4.69) is 18.5 Å². The van der Waals surface area contributed by atoms with Crippen molar-refractivity contribution in [1.82, 2.24) is 5.43 Å². The van der Waals surface area contributed by atoms with E-state index in [1.807, 2.05) is 17.6 Å². The van der Waals surface area contributed by atoms with Gasteiger partial charge in [-0.05, 0) is 24.3 Å². The number of carbonyl (C=O) groups is 3. The summed E-state index contributed by atoms with van der Waals surface area (Å²) in [5, 5.41) is 12.0. The van der Waals surface area contributed by atoms with E-state index in [9.17, 15) is 24.5 Å². The minimum Gasteiger partial charge on any atom is -0.365 e. The number of nitro benzene ring substituents is 1. The number of nitrogens with one attached hydrogen (secondary N) is 1. The Balaban J connectivity index is 0.000000249. The first-order valence-corrected chi connectivity index (χ1v) is 10.3. The van der Waals surface area contributed by atoms with Crippen molar-refractivity contribution in [2.75, 3.05) is 5.75 Å². The molecule has 2 amide bonds. The molecular weight excluding hydrogens is 487 g/mol. The molecule has 5 N–H and O–H groups in total. The molecule has 0 unspecified atom stereocenters. The Hall–Kier alpha value is -2.70. The Morgan fingerprint density at radius 1 is 1.19 bits per heavy atom. The Bertz CT molecular complexity index is 1100. The lowest BCUT2D eigenvalue weighted by Gasteiger charge is -1.96. The number of benzene rings is 2. The number of hydrazine groups is 1. The quantitative estimate of drug-likeness (QED) is 0.106. The monoisotopic (exact) mass is 502 g/mol. The van der Waals surface area contributed by atoms with Gasteiger partial charge in [0, 0.05) is 21.2 Å². The van der Waals surface area contributed by atoms with Crippen LogP contribution in [0.4, 0.5) is 5.69 Å². The third-order valence-corrected chi connectivity index (χ3v) is 5.46. The van der Waals surface area contributed by atoms with E-state index in [0.29, 0.717) is 16.2 Å². The number of hydrogen-bond acceptors (Lipinski definition) is 8. The van der Waals surface area contributed by atoms with Crippen LogP contribution in [0.15, 0.2) is 42.5 Å². The molecule has 13 heteroatoms. The number of amides is 2. The number of carbonyl (C=O) groups excluding carboxylic acids is 3. The van der Waals surface area contributed by atoms with Crippen molar-refractivity contribution in [2.45, 2.75) is 0 Å². The first kappa shape index (κ1) is 26.3. The normalized spacial score (nSPS) is 9.55. The summed E-state index contributed by atoms with van der Waals surface area (Å²) in [4.78, 5) is 41.3. The molecule has 0 aliphatic rings. The number of nitrogens with zero attached hydrogens (tertiary/aromatic N) is 1. The van der Waals surface area contributed by atoms with Gasteiger partial charge in [0.25, 0.3) is 11.6 Å². The number of thiol groups is 1. The maximum Gasteiger partial charge on any atom is 0.281 e. The van der Waals surface area contributed by atoms with Gasteiger partial charge in [-0.15, -0.1) is 11.3 Å². The zero-order chi connectivity index (χ0) is 23.6. The van der Waals surface area contributed by atoms with Crippen molar-refractivity contribution < 1.29 is 19.3 Å². The van der Waals surface area contributed by atoms with Crippen LogP contribution in [0, 0.1) is 10.1 Å². The second-order valence-electron chi connectivity index (χ2n) is 5.40. The fourth-order valence-electron chi connectivity index (χ4n) is 1.99. The highest BCUT2D eigenvalue weighted by Gasteiger charge is 2.14. The van der Waals surface area contributed by atoms with Gasteiger partial charge >= 0.3 is 0 Å². The van der Waals surface area contributed by atoms with Crippen LogP contribution in [0.25, 0.3) is 10.1 Å². The van der Waals surface area contributed by atoms with E-state index >= 15 is 0 Å². The van der Waals surface area contributed by atoms with E-state index in [4.69, 9.17) is 28.9 Å². The number of rotatable bonds is 4. The molecule has 1 heterocycles. The fraction of sp³-hybridized carbons (Fsp3) is 0.0556. The summed E-state index contributed by atoms with van der Waals surface area (Å²) in [6.07, 6.45) is 0.375. The van der Waals surface area contributed by atoms with Crippen LogP contribution in [0.5, 0.6) is 0 Å². The molecule has 2 aromatic carbocycles. The maximum absolute atomic E-state index is 10.9. The number of hydrogen-bond donors (Lipinski definition) is 4. The number of thiophene rings is 1. The van der Waals surface area contributed by atoms with Crippen molar-refractivity contribution in [3.05, 3.63) is 73.1 Å². The predicted octanol–water partition coefficient (Wildman–Crippen LogP) is 3.62. The molecule has 0 bridgehead atoms. The van der Waals surface area contributed by atoms with Gasteiger partial charge in [-0.2, -0.15) is 12.6 Å². The van der Waals surface area contributed by atoms with Gasteiger partial charge in [0.1, 0.15) is 5.56 Å². The minimum atomic E-state index is -0.643. The van der Waals surface area contributed by atoms with Crippen LogP contribution >= 0.6 is 47.2 Å². The summed E-state index contributed by atoms with van der Waals surface area (Å²) in [7, 11) is 0. The number of fused-ring (bicyclic) bond motifs is 1. The number of nitrogens with two attached hydrogens (primary N) is 2. The van der Waals surface area contributed by atoms with Gasteiger partial charge in [-0.3, -0.25) is 29.9 Å². The summed E-state index contributed by atoms with van der Waals surface area (Å²) in [6, 6.07) is 11.4. The highest BCUT2D eigenvalue weighted by atomic mass is 35.5. The van der Waals surface area contributed by atoms with Crippen molar-refractivity contribution in [3.63, 3.8) is 0 Å². The van der Waals surface area contributed by atoms with Gasteiger partial charge in [-0.1, -0.05) is 35.3 Å². The largest absolute Gasteiger partial charge is 0.365 e. The molecule has 1 aromatic heterocycles. The Morgan fingerprint density at radius 2 is 1.81 bits per heavy atom. The van der Waals surface area contributed by atoms with E-state index in [1.165, 1.54) is 29.5 Å². The maximum atomic E-state index is 10.9. The Morgan fingerprint density at radius 3 is 2.23 bits per heavy atom. The number of primary amides is 1. The molecule has 0 aliphatic heterocycles. The van der Waals surface area contributed by atoms with Crippen LogP contribution in [0.3, 0.4) is 0 Å². The lowest BCUT2D eigenvalue weighted by molar-refractivity contribution is -0.385. The molecule has 0 saturated carbocycles. The van der Waals surface area contributed by atoms with E-state index in [0.717, 1.165) is 10.1 Å². The highest BCUT2D eigenvalue weighted by Crippen LogP contribution is 2.30. The molecule has 3 rings (SSSR count). The average Bonchev–Trinajstić information content (AvgIpc) is 3.20. The van der Waals surface area contributed by atoms with Crippen molar-refractivity contribution in [2.24, 2.45) is 11.6 Å². The topological polar surface area (TPSA) is 158 Å². The lowest BCUT2D eigenvalue weighted by Crippen LogP contribution is -2.30. The summed E-state index contributed by atoms with van der Waals surface area (Å²) in [6.45, 7) is 0. The molecule has 0 spiro atoms. The van der Waals surface area contributed by atoms with Crippen LogP contribution in [0.1, 0.15) is 20.0 Å². The Labute approximate surface area is 195 Å². The summed E-state index contributed by atoms with van der Waals surface area (Å²) in [5.74, 6) is 4.11. The van der Waals surface area contributed by atoms with E-state index in [1.54, 1.807) is 12.1 Å². The second kappa shape index (κ2) is 12.9. The molecule has 0 saturated heterocycles. The minimum absolute atomic E-state index is 0.0795. The first-order valence-electron chi connectivity index (χ1n) is 8.12. The molecule has 0 atom stereocenters. The standard InChI is InChI=1S/C9H6ClNOS.C7H4ClNO3.C2H6N2OS/c10-6-2-1-3-7-5(6)4-8(13-7)9(11)12;8-6-2-1-3-7(9(11)12)5(6)4-10;3-4-2(5)1-6/h1-4H,(H2,11,12);1-4H;6H,1,3H2,(H,4,5). The van der Waals surface area contributed by atoms with E-state index in [-0.39, 0.29) is 27.9 Å². The third kappa shape index (κ3) is 7.81. The first-order chi connectivity index (χ1) is 14.7. The van der Waals surface area contributed by atoms with Crippen molar-refractivity contribution in [3.8, 4) is 0 Å². The number of aldehydes is 1. The van der Waals surface area contributed by atoms with Crippen molar-refractivity contribution in [1.29, 1.82) is 0 Å². The smallest absolute Gasteiger partial charge is 0.281 e. The molecule has 164 valence electrons. The SMILES string of the molecule is NC(=O)c1cc2c(Cl)cccc2s1.NNC(=O)CS.O=Cc1c(Cl)cccc1[N+](=O)[O-]. The molecule has 0 fully saturated rings. The number of nitro groups is 1. The van der Waals surface area contributed by atoms with Crippen LogP contribution in [-0.4, -0.2) is 28.8 Å². The van der Waals surface area contributed by atoms with Gasteiger partial charge in [0.2, 0.25) is 5.91 Å². The van der Waals surface area contributed by atoms with Crippen molar-refractivity contribution >= 4 is 81.0 Å². The second-order valence-corrected chi connectivity index (χ2v) is 7.61. The van der Waals surface area contributed by atoms with Crippen LogP contribution < -0.4 is 17.0 Å². The Kier molecular flexibility index (Phi) is 10.9. The summed E-state index contributed by atoms with van der Waals surface area (Å²) in [5.41, 5.74) is 6.71. The third-order valence-electron chi connectivity index (χ3n) is 3.40. The van der Waals surface area contributed by atoms with Gasteiger partial charge in [0.05, 0.1) is 20.6 Å². The van der Waals surface area contributed by atoms with Crippen LogP contribution in [0.2, 0.25) is 10.0 Å². The summed E-state index contributed by atoms with van der Waals surface area (Å²) < 4.78 is 0.987. The highest BCUT2D eigenvalue weighted by molar-refractivity contribution is 7.81. The van der Waals surface area contributed by atoms with E-state index < -0.39 is 10.8 Å². The average molecular weight is 503 g/mol. The molecule has 0 radical (unpaired) electrons. The summed E-state index contributed by atoms with van der Waals surface area (Å²) >= 11 is 16.4. The molecule has 0 aliphatic carbocycles. The van der Waals surface area contributed by atoms with Gasteiger partial charge in [0.15, 0.2) is 6.29 Å². The molecular formula is C18H16Cl2N4O5S2. The molecule has 3 aromatic rings. The zero-order valence-electron chi connectivity index (χ0n) is 15.6. The number of halogens is 2. The zero-order valence-corrected chi connectivity index (χ0v) is 18.8. The van der Waals surface area contributed by atoms with Gasteiger partial charge < -0.3 is 5.73 Å². The van der Waals surface area contributed by atoms with Crippen LogP contribution in [-0.2, 0) is 4.79 Å². The van der Waals surface area contributed by atoms with Gasteiger partial charge in [-0.25, -0.2) is 5.84 Å². The lowest BCUT2D eigenvalue weighted by atomic mass is 10.2.